The van der Waals surface area contributed by atoms with E-state index in [-0.39, 0.29) is 17.2 Å². The van der Waals surface area contributed by atoms with Gasteiger partial charge in [-0.05, 0) is 31.0 Å². The SMILES string of the molecule is O=C(CCCCCNS(=O)(=O)c1ccccc1[N+](=O)[O-])c1nccn1-c1ccccc1. The first-order valence-electron chi connectivity index (χ1n) is 9.75. The van der Waals surface area contributed by atoms with Crippen molar-refractivity contribution in [1.82, 2.24) is 14.3 Å². The lowest BCUT2D eigenvalue weighted by atomic mass is 10.1. The molecular formula is C21H22N4O5S. The molecule has 0 aliphatic rings. The Bertz CT molecular complexity index is 1160. The number of Topliss-reactive ketones (excluding diaryl/α,β-unsaturated/α-hetero) is 1. The number of rotatable bonds is 11. The Hall–Kier alpha value is -3.37. The Labute approximate surface area is 179 Å². The van der Waals surface area contributed by atoms with Gasteiger partial charge in [-0.25, -0.2) is 18.1 Å². The third kappa shape index (κ3) is 5.62. The molecule has 0 aliphatic carbocycles. The van der Waals surface area contributed by atoms with Gasteiger partial charge in [-0.1, -0.05) is 36.8 Å². The van der Waals surface area contributed by atoms with Crippen molar-refractivity contribution in [2.75, 3.05) is 6.54 Å². The van der Waals surface area contributed by atoms with E-state index in [4.69, 9.17) is 0 Å². The van der Waals surface area contributed by atoms with E-state index in [0.717, 1.165) is 11.8 Å². The monoisotopic (exact) mass is 442 g/mol. The van der Waals surface area contributed by atoms with Crippen LogP contribution in [0.4, 0.5) is 5.69 Å². The minimum absolute atomic E-state index is 0.0886. The van der Waals surface area contributed by atoms with Crippen LogP contribution in [-0.2, 0) is 10.0 Å². The lowest BCUT2D eigenvalue weighted by Gasteiger charge is -2.08. The first kappa shape index (κ1) is 22.3. The molecule has 3 rings (SSSR count). The first-order chi connectivity index (χ1) is 14.9. The molecule has 2 aromatic carbocycles. The van der Waals surface area contributed by atoms with Crippen LogP contribution in [0.2, 0.25) is 0 Å². The van der Waals surface area contributed by atoms with Gasteiger partial charge < -0.3 is 0 Å². The topological polar surface area (TPSA) is 124 Å². The summed E-state index contributed by atoms with van der Waals surface area (Å²) in [5.74, 6) is 0.276. The van der Waals surface area contributed by atoms with E-state index < -0.39 is 20.6 Å². The second kappa shape index (κ2) is 10.1. The molecule has 1 N–H and O–H groups in total. The number of carbonyl (C=O) groups excluding carboxylic acids is 1. The highest BCUT2D eigenvalue weighted by atomic mass is 32.2. The van der Waals surface area contributed by atoms with Crippen LogP contribution in [0.5, 0.6) is 0 Å². The van der Waals surface area contributed by atoms with Crippen molar-refractivity contribution >= 4 is 21.5 Å². The van der Waals surface area contributed by atoms with Crippen LogP contribution >= 0.6 is 0 Å². The molecule has 162 valence electrons. The highest BCUT2D eigenvalue weighted by Gasteiger charge is 2.24. The molecule has 0 spiro atoms. The average Bonchev–Trinajstić information content (AvgIpc) is 3.26. The molecule has 31 heavy (non-hydrogen) atoms. The minimum Gasteiger partial charge on any atom is -0.297 e. The number of unbranched alkanes of at least 4 members (excludes halogenated alkanes) is 2. The van der Waals surface area contributed by atoms with Gasteiger partial charge in [0.1, 0.15) is 0 Å². The number of nitrogens with zero attached hydrogens (tertiary/aromatic N) is 3. The molecule has 10 heteroatoms. The number of sulfonamides is 1. The molecule has 0 unspecified atom stereocenters. The number of nitro benzene ring substituents is 1. The van der Waals surface area contributed by atoms with Gasteiger partial charge in [-0.3, -0.25) is 19.5 Å². The Kier molecular flexibility index (Phi) is 7.27. The third-order valence-electron chi connectivity index (χ3n) is 4.65. The predicted octanol–water partition coefficient (Wildman–Crippen LogP) is 3.50. The molecule has 1 aromatic heterocycles. The number of ketones is 1. The van der Waals surface area contributed by atoms with Gasteiger partial charge in [0.15, 0.2) is 16.5 Å². The van der Waals surface area contributed by atoms with Crippen molar-refractivity contribution in [2.24, 2.45) is 0 Å². The van der Waals surface area contributed by atoms with Crippen LogP contribution in [0.25, 0.3) is 5.69 Å². The zero-order chi connectivity index (χ0) is 22.3. The fourth-order valence-electron chi connectivity index (χ4n) is 3.13. The number of benzene rings is 2. The van der Waals surface area contributed by atoms with Gasteiger partial charge in [0.05, 0.1) is 4.92 Å². The number of aromatic nitrogens is 2. The average molecular weight is 442 g/mol. The molecule has 0 fully saturated rings. The smallest absolute Gasteiger partial charge is 0.289 e. The Balaban J connectivity index is 1.47. The summed E-state index contributed by atoms with van der Waals surface area (Å²) in [7, 11) is -3.98. The summed E-state index contributed by atoms with van der Waals surface area (Å²) in [5.41, 5.74) is 0.391. The number of nitrogens with one attached hydrogen (secondary N) is 1. The molecule has 0 saturated heterocycles. The number of hydrogen-bond acceptors (Lipinski definition) is 6. The van der Waals surface area contributed by atoms with Gasteiger partial charge in [0.25, 0.3) is 5.69 Å². The molecule has 0 amide bonds. The van der Waals surface area contributed by atoms with E-state index in [1.165, 1.54) is 18.2 Å². The Morgan fingerprint density at radius 3 is 2.48 bits per heavy atom. The summed E-state index contributed by atoms with van der Waals surface area (Å²) in [6, 6.07) is 14.6. The second-order valence-electron chi connectivity index (χ2n) is 6.81. The fourth-order valence-corrected chi connectivity index (χ4v) is 4.37. The van der Waals surface area contributed by atoms with Crippen molar-refractivity contribution in [2.45, 2.75) is 30.6 Å². The quantitative estimate of drug-likeness (QED) is 0.210. The maximum Gasteiger partial charge on any atom is 0.289 e. The van der Waals surface area contributed by atoms with E-state index in [2.05, 4.69) is 9.71 Å². The summed E-state index contributed by atoms with van der Waals surface area (Å²) >= 11 is 0. The zero-order valence-electron chi connectivity index (χ0n) is 16.7. The molecule has 9 nitrogen and oxygen atoms in total. The lowest BCUT2D eigenvalue weighted by molar-refractivity contribution is -0.387. The minimum atomic E-state index is -3.98. The standard InChI is InChI=1S/C21H22N4O5S/c26-19(21-22-15-16-24(21)17-9-3-1-4-10-17)12-5-2-8-14-23-31(29,30)20-13-7-6-11-18(20)25(27)28/h1,3-4,6-7,9-11,13,15-16,23H,2,5,8,12,14H2. The van der Waals surface area contributed by atoms with Crippen LogP contribution in [0.15, 0.2) is 71.9 Å². The van der Waals surface area contributed by atoms with E-state index in [1.807, 2.05) is 30.3 Å². The zero-order valence-corrected chi connectivity index (χ0v) is 17.5. The normalized spacial score (nSPS) is 11.4. The molecule has 1 heterocycles. The van der Waals surface area contributed by atoms with Crippen LogP contribution in [0.3, 0.4) is 0 Å². The van der Waals surface area contributed by atoms with E-state index >= 15 is 0 Å². The van der Waals surface area contributed by atoms with E-state index in [1.54, 1.807) is 17.0 Å². The van der Waals surface area contributed by atoms with Crippen molar-refractivity contribution in [3.63, 3.8) is 0 Å². The van der Waals surface area contributed by atoms with Crippen molar-refractivity contribution in [3.05, 3.63) is 82.9 Å². The maximum absolute atomic E-state index is 12.5. The van der Waals surface area contributed by atoms with E-state index in [0.29, 0.717) is 31.5 Å². The number of nitro groups is 1. The van der Waals surface area contributed by atoms with Gasteiger partial charge in [0, 0.05) is 37.1 Å². The molecule has 0 bridgehead atoms. The third-order valence-corrected chi connectivity index (χ3v) is 6.16. The van der Waals surface area contributed by atoms with E-state index in [9.17, 15) is 23.3 Å². The molecule has 0 atom stereocenters. The summed E-state index contributed by atoms with van der Waals surface area (Å²) in [5, 5.41) is 11.0. The summed E-state index contributed by atoms with van der Waals surface area (Å²) in [4.78, 5) is 26.6. The van der Waals surface area contributed by atoms with Crippen LogP contribution in [0.1, 0.15) is 36.3 Å². The number of hydrogen-bond donors (Lipinski definition) is 1. The molecule has 0 radical (unpaired) electrons. The van der Waals surface area contributed by atoms with Gasteiger partial charge >= 0.3 is 0 Å². The largest absolute Gasteiger partial charge is 0.297 e. The van der Waals surface area contributed by atoms with Crippen LogP contribution < -0.4 is 4.72 Å². The van der Waals surface area contributed by atoms with Gasteiger partial charge in [0.2, 0.25) is 10.0 Å². The Morgan fingerprint density at radius 2 is 1.74 bits per heavy atom. The highest BCUT2D eigenvalue weighted by Crippen LogP contribution is 2.22. The van der Waals surface area contributed by atoms with Gasteiger partial charge in [-0.15, -0.1) is 0 Å². The van der Waals surface area contributed by atoms with Crippen molar-refractivity contribution < 1.29 is 18.1 Å². The van der Waals surface area contributed by atoms with Crippen molar-refractivity contribution in [1.29, 1.82) is 0 Å². The Morgan fingerprint density at radius 1 is 1.03 bits per heavy atom. The summed E-state index contributed by atoms with van der Waals surface area (Å²) in [6.45, 7) is 0.126. The van der Waals surface area contributed by atoms with Gasteiger partial charge in [-0.2, -0.15) is 0 Å². The number of carbonyl (C=O) groups is 1. The fraction of sp³-hybridized carbons (Fsp3) is 0.238. The lowest BCUT2D eigenvalue weighted by Crippen LogP contribution is -2.25. The molecule has 3 aromatic rings. The van der Waals surface area contributed by atoms with Crippen LogP contribution in [0, 0.1) is 10.1 Å². The molecule has 0 saturated carbocycles. The van der Waals surface area contributed by atoms with Crippen LogP contribution in [-0.4, -0.2) is 35.2 Å². The second-order valence-corrected chi connectivity index (χ2v) is 8.55. The van der Waals surface area contributed by atoms with Crippen molar-refractivity contribution in [3.8, 4) is 5.69 Å². The highest BCUT2D eigenvalue weighted by molar-refractivity contribution is 7.89. The number of imidazole rings is 1. The maximum atomic E-state index is 12.5. The number of para-hydroxylation sites is 2. The first-order valence-corrected chi connectivity index (χ1v) is 11.2. The molecule has 0 aliphatic heterocycles. The predicted molar refractivity (Wildman–Crippen MR) is 115 cm³/mol. The summed E-state index contributed by atoms with van der Waals surface area (Å²) in [6.07, 6.45) is 5.31. The molecular weight excluding hydrogens is 420 g/mol. The summed E-state index contributed by atoms with van der Waals surface area (Å²) < 4.78 is 28.8.